The molecule has 2 heterocycles. The maximum atomic E-state index is 11.1. The SMILES string of the molecule is O=c1ccn(-c2ccc3ncsc3c2)c(=S)[nH]1. The molecule has 0 aliphatic rings. The Morgan fingerprint density at radius 2 is 2.24 bits per heavy atom. The van der Waals surface area contributed by atoms with Gasteiger partial charge in [0.1, 0.15) is 0 Å². The van der Waals surface area contributed by atoms with E-state index in [1.807, 2.05) is 18.2 Å². The van der Waals surface area contributed by atoms with E-state index in [4.69, 9.17) is 12.2 Å². The molecule has 0 bridgehead atoms. The van der Waals surface area contributed by atoms with Crippen molar-refractivity contribution in [1.29, 1.82) is 0 Å². The summed E-state index contributed by atoms with van der Waals surface area (Å²) in [7, 11) is 0. The Bertz CT molecular complexity index is 800. The molecular weight excluding hydrogens is 254 g/mol. The molecule has 17 heavy (non-hydrogen) atoms. The van der Waals surface area contributed by atoms with Gasteiger partial charge in [0.2, 0.25) is 0 Å². The van der Waals surface area contributed by atoms with Gasteiger partial charge in [-0.1, -0.05) is 0 Å². The van der Waals surface area contributed by atoms with E-state index in [0.29, 0.717) is 4.77 Å². The van der Waals surface area contributed by atoms with Crippen LogP contribution in [-0.4, -0.2) is 14.5 Å². The second kappa shape index (κ2) is 3.90. The topological polar surface area (TPSA) is 50.7 Å². The first-order chi connectivity index (χ1) is 8.24. The second-order valence-corrected chi connectivity index (χ2v) is 4.76. The van der Waals surface area contributed by atoms with Crippen molar-refractivity contribution in [1.82, 2.24) is 14.5 Å². The average molecular weight is 261 g/mol. The summed E-state index contributed by atoms with van der Waals surface area (Å²) in [5.41, 5.74) is 3.50. The minimum atomic E-state index is -0.190. The summed E-state index contributed by atoms with van der Waals surface area (Å²) in [5.74, 6) is 0. The van der Waals surface area contributed by atoms with Crippen molar-refractivity contribution in [3.63, 3.8) is 0 Å². The molecule has 0 spiro atoms. The summed E-state index contributed by atoms with van der Waals surface area (Å²) in [4.78, 5) is 17.9. The maximum absolute atomic E-state index is 11.1. The number of hydrogen-bond acceptors (Lipinski definition) is 4. The Kier molecular flexibility index (Phi) is 2.38. The van der Waals surface area contributed by atoms with Crippen LogP contribution in [0.5, 0.6) is 0 Å². The van der Waals surface area contributed by atoms with Gasteiger partial charge in [-0.15, -0.1) is 11.3 Å². The first kappa shape index (κ1) is 10.4. The lowest BCUT2D eigenvalue weighted by molar-refractivity contribution is 0.939. The lowest BCUT2D eigenvalue weighted by Crippen LogP contribution is -2.09. The third-order valence-corrected chi connectivity index (χ3v) is 3.51. The molecule has 0 saturated heterocycles. The van der Waals surface area contributed by atoms with Crippen LogP contribution in [0.3, 0.4) is 0 Å². The molecule has 0 aliphatic heterocycles. The number of aromatic amines is 1. The van der Waals surface area contributed by atoms with Gasteiger partial charge < -0.3 is 0 Å². The van der Waals surface area contributed by atoms with Crippen LogP contribution in [0.4, 0.5) is 0 Å². The summed E-state index contributed by atoms with van der Waals surface area (Å²) in [5, 5.41) is 0. The number of aromatic nitrogens is 3. The van der Waals surface area contributed by atoms with Gasteiger partial charge in [0, 0.05) is 18.0 Å². The van der Waals surface area contributed by atoms with Gasteiger partial charge in [-0.3, -0.25) is 14.3 Å². The van der Waals surface area contributed by atoms with E-state index < -0.39 is 0 Å². The number of rotatable bonds is 1. The van der Waals surface area contributed by atoms with Crippen LogP contribution in [0, 0.1) is 4.77 Å². The van der Waals surface area contributed by atoms with Crippen LogP contribution < -0.4 is 5.56 Å². The highest BCUT2D eigenvalue weighted by Crippen LogP contribution is 2.20. The predicted molar refractivity (Wildman–Crippen MR) is 70.4 cm³/mol. The molecule has 0 amide bonds. The summed E-state index contributed by atoms with van der Waals surface area (Å²) < 4.78 is 3.24. The fraction of sp³-hybridized carbons (Fsp3) is 0. The summed E-state index contributed by atoms with van der Waals surface area (Å²) >= 11 is 6.69. The maximum Gasteiger partial charge on any atom is 0.251 e. The van der Waals surface area contributed by atoms with Crippen LogP contribution in [0.1, 0.15) is 0 Å². The Labute approximate surface area is 105 Å². The van der Waals surface area contributed by atoms with Gasteiger partial charge in [0.25, 0.3) is 5.56 Å². The first-order valence-corrected chi connectivity index (χ1v) is 6.18. The molecule has 4 nitrogen and oxygen atoms in total. The van der Waals surface area contributed by atoms with Crippen molar-refractivity contribution in [2.45, 2.75) is 0 Å². The lowest BCUT2D eigenvalue weighted by atomic mass is 10.3. The molecule has 0 radical (unpaired) electrons. The van der Waals surface area contributed by atoms with E-state index in [-0.39, 0.29) is 5.56 Å². The van der Waals surface area contributed by atoms with Gasteiger partial charge in [0.15, 0.2) is 4.77 Å². The van der Waals surface area contributed by atoms with E-state index in [9.17, 15) is 4.79 Å². The summed E-state index contributed by atoms with van der Waals surface area (Å²) in [6, 6.07) is 7.32. The zero-order valence-electron chi connectivity index (χ0n) is 8.58. The molecule has 2 aromatic heterocycles. The van der Waals surface area contributed by atoms with E-state index in [1.54, 1.807) is 27.6 Å². The monoisotopic (exact) mass is 261 g/mol. The molecule has 0 aliphatic carbocycles. The fourth-order valence-electron chi connectivity index (χ4n) is 1.61. The van der Waals surface area contributed by atoms with Crippen molar-refractivity contribution in [2.75, 3.05) is 0 Å². The van der Waals surface area contributed by atoms with Crippen LogP contribution in [0.25, 0.3) is 15.9 Å². The molecule has 0 unspecified atom stereocenters. The number of fused-ring (bicyclic) bond motifs is 1. The molecule has 84 valence electrons. The molecule has 0 saturated carbocycles. The lowest BCUT2D eigenvalue weighted by Gasteiger charge is -2.05. The Balaban J connectivity index is 2.26. The van der Waals surface area contributed by atoms with Crippen LogP contribution in [0.15, 0.2) is 40.8 Å². The van der Waals surface area contributed by atoms with E-state index in [1.165, 1.54) is 6.07 Å². The predicted octanol–water partition coefficient (Wildman–Crippen LogP) is 2.50. The van der Waals surface area contributed by atoms with Gasteiger partial charge in [-0.2, -0.15) is 0 Å². The van der Waals surface area contributed by atoms with Crippen molar-refractivity contribution in [3.8, 4) is 5.69 Å². The van der Waals surface area contributed by atoms with Gasteiger partial charge >= 0.3 is 0 Å². The average Bonchev–Trinajstić information content (AvgIpc) is 2.75. The van der Waals surface area contributed by atoms with Crippen molar-refractivity contribution >= 4 is 33.8 Å². The Morgan fingerprint density at radius 3 is 3.06 bits per heavy atom. The Hall–Kier alpha value is -1.79. The molecule has 3 aromatic rings. The number of benzene rings is 1. The molecule has 3 rings (SSSR count). The Morgan fingerprint density at radius 1 is 1.35 bits per heavy atom. The third kappa shape index (κ3) is 1.81. The highest BCUT2D eigenvalue weighted by atomic mass is 32.1. The van der Waals surface area contributed by atoms with Crippen molar-refractivity contribution < 1.29 is 0 Å². The smallest absolute Gasteiger partial charge is 0.251 e. The molecule has 0 fully saturated rings. The van der Waals surface area contributed by atoms with Crippen molar-refractivity contribution in [2.24, 2.45) is 0 Å². The van der Waals surface area contributed by atoms with Gasteiger partial charge in [-0.05, 0) is 30.4 Å². The molecular formula is C11H7N3OS2. The zero-order valence-corrected chi connectivity index (χ0v) is 10.2. The minimum absolute atomic E-state index is 0.190. The number of nitrogens with one attached hydrogen (secondary N) is 1. The van der Waals surface area contributed by atoms with Crippen LogP contribution in [0.2, 0.25) is 0 Å². The number of nitrogens with zero attached hydrogens (tertiary/aromatic N) is 2. The van der Waals surface area contributed by atoms with Gasteiger partial charge in [0.05, 0.1) is 15.7 Å². The zero-order chi connectivity index (χ0) is 11.8. The highest BCUT2D eigenvalue weighted by molar-refractivity contribution is 7.71. The second-order valence-electron chi connectivity index (χ2n) is 3.48. The minimum Gasteiger partial charge on any atom is -0.299 e. The number of H-pyrrole nitrogens is 1. The third-order valence-electron chi connectivity index (χ3n) is 2.42. The largest absolute Gasteiger partial charge is 0.299 e. The number of hydrogen-bond donors (Lipinski definition) is 1. The number of thiazole rings is 1. The van der Waals surface area contributed by atoms with E-state index in [0.717, 1.165) is 15.9 Å². The van der Waals surface area contributed by atoms with E-state index >= 15 is 0 Å². The summed E-state index contributed by atoms with van der Waals surface area (Å²) in [6.07, 6.45) is 1.67. The van der Waals surface area contributed by atoms with Gasteiger partial charge in [-0.25, -0.2) is 4.98 Å². The molecule has 1 N–H and O–H groups in total. The summed E-state index contributed by atoms with van der Waals surface area (Å²) in [6.45, 7) is 0. The van der Waals surface area contributed by atoms with Crippen LogP contribution >= 0.6 is 23.6 Å². The highest BCUT2D eigenvalue weighted by Gasteiger charge is 2.01. The quantitative estimate of drug-likeness (QED) is 0.685. The van der Waals surface area contributed by atoms with Crippen LogP contribution in [-0.2, 0) is 0 Å². The first-order valence-electron chi connectivity index (χ1n) is 4.90. The van der Waals surface area contributed by atoms with Crippen molar-refractivity contribution in [3.05, 3.63) is 51.1 Å². The normalized spacial score (nSPS) is 10.8. The molecule has 1 aromatic carbocycles. The fourth-order valence-corrected chi connectivity index (χ4v) is 2.59. The molecule has 6 heteroatoms. The molecule has 0 atom stereocenters. The standard InChI is InChI=1S/C11H7N3OS2/c15-10-3-4-14(11(16)13-10)7-1-2-8-9(5-7)17-6-12-8/h1-6H,(H,13,15,16). The van der Waals surface area contributed by atoms with E-state index in [2.05, 4.69) is 9.97 Å².